The standard InChI is InChI=1S/C21H13F6NO4/c22-20(23,24)31-16-7-3-1-5-13(16)15-10-9-12(11-18(29)30)19(28-15)14-6-2-4-8-17(14)32-21(25,26)27/h1-10H,11H2,(H,29,30). The van der Waals surface area contributed by atoms with Gasteiger partial charge in [0.15, 0.2) is 0 Å². The monoisotopic (exact) mass is 457 g/mol. The van der Waals surface area contributed by atoms with E-state index in [-0.39, 0.29) is 28.1 Å². The van der Waals surface area contributed by atoms with Gasteiger partial charge < -0.3 is 14.6 Å². The minimum Gasteiger partial charge on any atom is -0.481 e. The van der Waals surface area contributed by atoms with Crippen molar-refractivity contribution >= 4 is 5.97 Å². The van der Waals surface area contributed by atoms with E-state index in [2.05, 4.69) is 14.5 Å². The van der Waals surface area contributed by atoms with E-state index in [9.17, 15) is 31.1 Å². The van der Waals surface area contributed by atoms with E-state index in [4.69, 9.17) is 5.11 Å². The van der Waals surface area contributed by atoms with Crippen molar-refractivity contribution in [1.82, 2.24) is 4.98 Å². The molecule has 0 spiro atoms. The maximum Gasteiger partial charge on any atom is 0.573 e. The molecule has 1 N–H and O–H groups in total. The molecule has 0 aliphatic rings. The molecule has 11 heteroatoms. The van der Waals surface area contributed by atoms with Crippen LogP contribution < -0.4 is 9.47 Å². The van der Waals surface area contributed by atoms with Crippen LogP contribution >= 0.6 is 0 Å². The van der Waals surface area contributed by atoms with Crippen molar-refractivity contribution in [1.29, 1.82) is 0 Å². The van der Waals surface area contributed by atoms with Crippen LogP contribution in [0.2, 0.25) is 0 Å². The fourth-order valence-corrected chi connectivity index (χ4v) is 2.94. The van der Waals surface area contributed by atoms with Crippen LogP contribution in [-0.2, 0) is 11.2 Å². The van der Waals surface area contributed by atoms with Gasteiger partial charge in [-0.25, -0.2) is 4.98 Å². The van der Waals surface area contributed by atoms with Gasteiger partial charge in [-0.3, -0.25) is 4.79 Å². The predicted octanol–water partition coefficient (Wildman–Crippen LogP) is 5.84. The van der Waals surface area contributed by atoms with E-state index in [0.717, 1.165) is 12.1 Å². The molecule has 0 amide bonds. The summed E-state index contributed by atoms with van der Waals surface area (Å²) in [5, 5.41) is 9.17. The molecule has 2 aromatic carbocycles. The molecular weight excluding hydrogens is 444 g/mol. The summed E-state index contributed by atoms with van der Waals surface area (Å²) in [6.07, 6.45) is -10.6. The number of benzene rings is 2. The van der Waals surface area contributed by atoms with Gasteiger partial charge in [0.1, 0.15) is 11.5 Å². The van der Waals surface area contributed by atoms with Gasteiger partial charge in [-0.05, 0) is 35.9 Å². The number of para-hydroxylation sites is 2. The molecule has 1 aromatic heterocycles. The topological polar surface area (TPSA) is 68.7 Å². The van der Waals surface area contributed by atoms with Crippen LogP contribution in [0.1, 0.15) is 5.56 Å². The summed E-state index contributed by atoms with van der Waals surface area (Å²) in [5.74, 6) is -2.50. The van der Waals surface area contributed by atoms with Crippen LogP contribution in [-0.4, -0.2) is 28.8 Å². The summed E-state index contributed by atoms with van der Waals surface area (Å²) in [6, 6.07) is 12.5. The molecular formula is C21H13F6NO4. The lowest BCUT2D eigenvalue weighted by molar-refractivity contribution is -0.275. The lowest BCUT2D eigenvalue weighted by Gasteiger charge is -2.17. The van der Waals surface area contributed by atoms with Crippen molar-refractivity contribution in [3.63, 3.8) is 0 Å². The Kier molecular flexibility index (Phi) is 6.28. The fraction of sp³-hybridized carbons (Fsp3) is 0.143. The summed E-state index contributed by atoms with van der Waals surface area (Å²) < 4.78 is 84.9. The first-order chi connectivity index (χ1) is 14.9. The molecule has 0 radical (unpaired) electrons. The molecule has 0 aliphatic heterocycles. The van der Waals surface area contributed by atoms with E-state index in [1.807, 2.05) is 0 Å². The molecule has 3 rings (SSSR count). The molecule has 0 atom stereocenters. The second kappa shape index (κ2) is 8.77. The number of carbonyl (C=O) groups is 1. The highest BCUT2D eigenvalue weighted by atomic mass is 19.4. The zero-order chi connectivity index (χ0) is 23.5. The normalized spacial score (nSPS) is 11.8. The Morgan fingerprint density at radius 3 is 1.81 bits per heavy atom. The average Bonchev–Trinajstić information content (AvgIpc) is 2.66. The number of nitrogens with zero attached hydrogens (tertiary/aromatic N) is 1. The number of hydrogen-bond donors (Lipinski definition) is 1. The first kappa shape index (κ1) is 22.9. The lowest BCUT2D eigenvalue weighted by atomic mass is 10.00. The quantitative estimate of drug-likeness (QED) is 0.471. The van der Waals surface area contributed by atoms with Gasteiger partial charge in [0.05, 0.1) is 17.8 Å². The van der Waals surface area contributed by atoms with E-state index >= 15 is 0 Å². The number of carboxylic acids is 1. The second-order valence-electron chi connectivity index (χ2n) is 6.36. The first-order valence-corrected chi connectivity index (χ1v) is 8.85. The number of alkyl halides is 6. The van der Waals surface area contributed by atoms with Crippen molar-refractivity contribution in [2.75, 3.05) is 0 Å². The number of ether oxygens (including phenoxy) is 2. The molecule has 0 aliphatic carbocycles. The van der Waals surface area contributed by atoms with Crippen LogP contribution in [0.25, 0.3) is 22.5 Å². The first-order valence-electron chi connectivity index (χ1n) is 8.85. The van der Waals surface area contributed by atoms with Crippen molar-refractivity contribution < 1.29 is 45.7 Å². The van der Waals surface area contributed by atoms with E-state index < -0.39 is 36.6 Å². The minimum atomic E-state index is -5.03. The Hall–Kier alpha value is -3.76. The Balaban J connectivity index is 2.19. The lowest BCUT2D eigenvalue weighted by Crippen LogP contribution is -2.18. The van der Waals surface area contributed by atoms with Gasteiger partial charge in [0.25, 0.3) is 0 Å². The number of rotatable bonds is 6. The summed E-state index contributed by atoms with van der Waals surface area (Å²) in [4.78, 5) is 15.4. The smallest absolute Gasteiger partial charge is 0.481 e. The summed E-state index contributed by atoms with van der Waals surface area (Å²) >= 11 is 0. The number of halogens is 6. The van der Waals surface area contributed by atoms with Gasteiger partial charge >= 0.3 is 18.7 Å². The molecule has 0 bridgehead atoms. The van der Waals surface area contributed by atoms with Crippen molar-refractivity contribution in [3.8, 4) is 34.0 Å². The van der Waals surface area contributed by atoms with E-state index in [1.54, 1.807) is 0 Å². The maximum absolute atomic E-state index is 12.8. The molecule has 0 saturated carbocycles. The van der Waals surface area contributed by atoms with E-state index in [0.29, 0.717) is 0 Å². The third-order valence-electron chi connectivity index (χ3n) is 4.08. The Morgan fingerprint density at radius 2 is 1.28 bits per heavy atom. The van der Waals surface area contributed by atoms with Gasteiger partial charge in [-0.2, -0.15) is 0 Å². The number of carboxylic acid groups (broad SMARTS) is 1. The second-order valence-corrected chi connectivity index (χ2v) is 6.36. The van der Waals surface area contributed by atoms with Crippen molar-refractivity contribution in [3.05, 3.63) is 66.2 Å². The van der Waals surface area contributed by atoms with Crippen LogP contribution in [0.3, 0.4) is 0 Å². The zero-order valence-corrected chi connectivity index (χ0v) is 15.9. The van der Waals surface area contributed by atoms with Crippen LogP contribution in [0.15, 0.2) is 60.7 Å². The summed E-state index contributed by atoms with van der Waals surface area (Å²) in [7, 11) is 0. The molecule has 0 saturated heterocycles. The number of aliphatic carboxylic acids is 1. The molecule has 32 heavy (non-hydrogen) atoms. The molecule has 0 unspecified atom stereocenters. The number of pyridine rings is 1. The van der Waals surface area contributed by atoms with Gasteiger partial charge in [0, 0.05) is 11.1 Å². The Morgan fingerprint density at radius 1 is 0.781 bits per heavy atom. The molecule has 168 valence electrons. The van der Waals surface area contributed by atoms with Gasteiger partial charge in [0.2, 0.25) is 0 Å². The molecule has 5 nitrogen and oxygen atoms in total. The highest BCUT2D eigenvalue weighted by Gasteiger charge is 2.33. The van der Waals surface area contributed by atoms with E-state index in [1.165, 1.54) is 48.5 Å². The van der Waals surface area contributed by atoms with Crippen LogP contribution in [0, 0.1) is 0 Å². The zero-order valence-electron chi connectivity index (χ0n) is 15.9. The van der Waals surface area contributed by atoms with Crippen LogP contribution in [0.5, 0.6) is 11.5 Å². The van der Waals surface area contributed by atoms with Gasteiger partial charge in [-0.1, -0.05) is 30.3 Å². The predicted molar refractivity (Wildman–Crippen MR) is 99.8 cm³/mol. The molecule has 1 heterocycles. The largest absolute Gasteiger partial charge is 0.573 e. The number of aromatic nitrogens is 1. The highest BCUT2D eigenvalue weighted by molar-refractivity contribution is 5.79. The third-order valence-corrected chi connectivity index (χ3v) is 4.08. The minimum absolute atomic E-state index is 0.0358. The van der Waals surface area contributed by atoms with Crippen molar-refractivity contribution in [2.45, 2.75) is 19.1 Å². The summed E-state index contributed by atoms with van der Waals surface area (Å²) in [6.45, 7) is 0. The molecule has 3 aromatic rings. The molecule has 0 fully saturated rings. The van der Waals surface area contributed by atoms with Crippen molar-refractivity contribution in [2.24, 2.45) is 0 Å². The fourth-order valence-electron chi connectivity index (χ4n) is 2.94. The third kappa shape index (κ3) is 5.90. The Bertz CT molecular complexity index is 1130. The van der Waals surface area contributed by atoms with Gasteiger partial charge in [-0.15, -0.1) is 26.3 Å². The number of hydrogen-bond acceptors (Lipinski definition) is 4. The maximum atomic E-state index is 12.8. The Labute approximate surface area is 176 Å². The summed E-state index contributed by atoms with van der Waals surface area (Å²) in [5.41, 5.74) is -0.504. The van der Waals surface area contributed by atoms with Crippen LogP contribution in [0.4, 0.5) is 26.3 Å². The SMILES string of the molecule is O=C(O)Cc1ccc(-c2ccccc2OC(F)(F)F)nc1-c1ccccc1OC(F)(F)F. The average molecular weight is 457 g/mol. The highest BCUT2D eigenvalue weighted by Crippen LogP contribution is 2.38.